The van der Waals surface area contributed by atoms with Crippen molar-refractivity contribution < 1.29 is 24.1 Å². The van der Waals surface area contributed by atoms with Gasteiger partial charge >= 0.3 is 0 Å². The van der Waals surface area contributed by atoms with Gasteiger partial charge in [0.15, 0.2) is 0 Å². The number of fused-ring (bicyclic) bond motifs is 5. The predicted molar refractivity (Wildman–Crippen MR) is 172 cm³/mol. The Bertz CT molecular complexity index is 773. The Balaban J connectivity index is 1.19. The van der Waals surface area contributed by atoms with Gasteiger partial charge in [0, 0.05) is 0 Å². The van der Waals surface area contributed by atoms with E-state index in [9.17, 15) is 0 Å². The fourth-order valence-corrected chi connectivity index (χ4v) is 10.9. The topological polar surface area (TPSA) is 57.2 Å². The minimum Gasteiger partial charge on any atom is -0.394 e. The zero-order valence-electron chi connectivity index (χ0n) is 28.4. The monoisotopic (exact) mass is 593 g/mol. The Labute approximate surface area is 259 Å². The molecule has 5 heteroatoms. The van der Waals surface area contributed by atoms with E-state index in [4.69, 9.17) is 24.1 Å². The summed E-state index contributed by atoms with van der Waals surface area (Å²) in [5.41, 5.74) is 1.11. The molecule has 5 nitrogen and oxygen atoms in total. The van der Waals surface area contributed by atoms with Crippen LogP contribution in [-0.2, 0) is 18.9 Å². The summed E-state index contributed by atoms with van der Waals surface area (Å²) in [6.07, 6.45) is 17.3. The van der Waals surface area contributed by atoms with Crippen LogP contribution in [0.1, 0.15) is 119 Å². The van der Waals surface area contributed by atoms with Crippen LogP contribution in [0.2, 0.25) is 0 Å². The van der Waals surface area contributed by atoms with Crippen molar-refractivity contribution >= 4 is 0 Å². The first-order valence-electron chi connectivity index (χ1n) is 18.2. The van der Waals surface area contributed by atoms with Gasteiger partial charge in [0.1, 0.15) is 0 Å². The summed E-state index contributed by atoms with van der Waals surface area (Å²) in [4.78, 5) is 0. The summed E-state index contributed by atoms with van der Waals surface area (Å²) in [7, 11) is 0. The quantitative estimate of drug-likeness (QED) is 0.163. The van der Waals surface area contributed by atoms with Gasteiger partial charge in [-0.3, -0.25) is 0 Å². The lowest BCUT2D eigenvalue weighted by Gasteiger charge is -2.61. The van der Waals surface area contributed by atoms with E-state index in [0.717, 1.165) is 47.3 Å². The van der Waals surface area contributed by atoms with Crippen molar-refractivity contribution in [3.63, 3.8) is 0 Å². The standard InChI is InChI=1S/C37H68O5/c1-7-29(27(2)3)9-8-28(4)33-12-13-34-32-11-10-30-26-31(14-16-36(30,5)35(32)15-17-37(33,34)6)42-25-24-41-23-22-40-21-20-39-19-18-38/h27-35,38H,7-26H2,1-6H3/t28-,29-,30+,31+,32+,33-,34+,35+,36+,37-/m1/s1. The molecule has 0 aliphatic heterocycles. The van der Waals surface area contributed by atoms with Crippen LogP contribution in [0.15, 0.2) is 0 Å². The molecular formula is C37H68O5. The first-order chi connectivity index (χ1) is 20.2. The molecule has 0 aromatic carbocycles. The highest BCUT2D eigenvalue weighted by atomic mass is 16.6. The molecular weight excluding hydrogens is 524 g/mol. The first kappa shape index (κ1) is 34.7. The Morgan fingerprint density at radius 1 is 0.714 bits per heavy atom. The van der Waals surface area contributed by atoms with Gasteiger partial charge in [-0.15, -0.1) is 0 Å². The Morgan fingerprint density at radius 2 is 1.36 bits per heavy atom. The molecule has 0 unspecified atom stereocenters. The molecule has 1 N–H and O–H groups in total. The van der Waals surface area contributed by atoms with Gasteiger partial charge in [0.05, 0.1) is 59.0 Å². The average Bonchev–Trinajstić information content (AvgIpc) is 3.33. The summed E-state index contributed by atoms with van der Waals surface area (Å²) < 4.78 is 22.8. The third-order valence-corrected chi connectivity index (χ3v) is 13.4. The second-order valence-corrected chi connectivity index (χ2v) is 15.7. The molecule has 4 saturated carbocycles. The van der Waals surface area contributed by atoms with Crippen LogP contribution in [0.3, 0.4) is 0 Å². The summed E-state index contributed by atoms with van der Waals surface area (Å²) in [6, 6.07) is 0. The normalized spacial score (nSPS) is 37.7. The molecule has 0 aromatic rings. The molecule has 0 amide bonds. The lowest BCUT2D eigenvalue weighted by atomic mass is 9.44. The number of aliphatic hydroxyl groups is 1. The van der Waals surface area contributed by atoms with Crippen LogP contribution in [0, 0.1) is 58.2 Å². The second kappa shape index (κ2) is 16.4. The number of hydrogen-bond acceptors (Lipinski definition) is 5. The van der Waals surface area contributed by atoms with E-state index in [2.05, 4.69) is 41.5 Å². The van der Waals surface area contributed by atoms with Crippen LogP contribution in [-0.4, -0.2) is 64.1 Å². The van der Waals surface area contributed by atoms with Gasteiger partial charge < -0.3 is 24.1 Å². The summed E-state index contributed by atoms with van der Waals surface area (Å²) >= 11 is 0. The van der Waals surface area contributed by atoms with Crippen molar-refractivity contribution in [3.8, 4) is 0 Å². The number of rotatable bonds is 18. The van der Waals surface area contributed by atoms with Crippen molar-refractivity contribution in [2.75, 3.05) is 52.9 Å². The lowest BCUT2D eigenvalue weighted by Crippen LogP contribution is -2.54. The van der Waals surface area contributed by atoms with Crippen LogP contribution >= 0.6 is 0 Å². The van der Waals surface area contributed by atoms with E-state index in [-0.39, 0.29) is 6.61 Å². The van der Waals surface area contributed by atoms with E-state index in [1.807, 2.05) is 0 Å². The molecule has 10 atom stereocenters. The van der Waals surface area contributed by atoms with Crippen molar-refractivity contribution in [1.82, 2.24) is 0 Å². The third-order valence-electron chi connectivity index (χ3n) is 13.4. The van der Waals surface area contributed by atoms with Gasteiger partial charge in [-0.1, -0.05) is 54.4 Å². The highest BCUT2D eigenvalue weighted by Crippen LogP contribution is 2.68. The average molecular weight is 593 g/mol. The maximum Gasteiger partial charge on any atom is 0.0704 e. The molecule has 4 fully saturated rings. The number of ether oxygens (including phenoxy) is 4. The van der Waals surface area contributed by atoms with Gasteiger partial charge in [-0.2, -0.15) is 0 Å². The zero-order valence-corrected chi connectivity index (χ0v) is 28.4. The molecule has 4 aliphatic rings. The fourth-order valence-electron chi connectivity index (χ4n) is 10.9. The predicted octanol–water partition coefficient (Wildman–Crippen LogP) is 8.17. The van der Waals surface area contributed by atoms with E-state index in [1.54, 1.807) is 0 Å². The highest BCUT2D eigenvalue weighted by Gasteiger charge is 2.60. The lowest BCUT2D eigenvalue weighted by molar-refractivity contribution is -0.139. The molecule has 4 rings (SSSR count). The molecule has 0 radical (unpaired) electrons. The van der Waals surface area contributed by atoms with Gasteiger partial charge in [0.2, 0.25) is 0 Å². The maximum absolute atomic E-state index is 8.71. The van der Waals surface area contributed by atoms with Crippen molar-refractivity contribution in [3.05, 3.63) is 0 Å². The van der Waals surface area contributed by atoms with E-state index < -0.39 is 0 Å². The first-order valence-corrected chi connectivity index (χ1v) is 18.2. The van der Waals surface area contributed by atoms with Crippen LogP contribution < -0.4 is 0 Å². The molecule has 0 heterocycles. The molecule has 246 valence electrons. The van der Waals surface area contributed by atoms with Gasteiger partial charge in [-0.25, -0.2) is 0 Å². The molecule has 4 aliphatic carbocycles. The summed E-state index contributed by atoms with van der Waals surface area (Å²) in [5.74, 6) is 7.28. The summed E-state index contributed by atoms with van der Waals surface area (Å²) in [6.45, 7) is 19.3. The van der Waals surface area contributed by atoms with Gasteiger partial charge in [0.25, 0.3) is 0 Å². The molecule has 42 heavy (non-hydrogen) atoms. The van der Waals surface area contributed by atoms with Crippen LogP contribution in [0.5, 0.6) is 0 Å². The molecule has 0 aromatic heterocycles. The van der Waals surface area contributed by atoms with Crippen LogP contribution in [0.4, 0.5) is 0 Å². The summed E-state index contributed by atoms with van der Waals surface area (Å²) in [5, 5.41) is 8.71. The van der Waals surface area contributed by atoms with Crippen molar-refractivity contribution in [1.29, 1.82) is 0 Å². The van der Waals surface area contributed by atoms with Crippen LogP contribution in [0.25, 0.3) is 0 Å². The highest BCUT2D eigenvalue weighted by molar-refractivity contribution is 5.09. The van der Waals surface area contributed by atoms with Crippen molar-refractivity contribution in [2.45, 2.75) is 125 Å². The minimum absolute atomic E-state index is 0.0589. The Morgan fingerprint density at radius 3 is 2.02 bits per heavy atom. The van der Waals surface area contributed by atoms with E-state index in [0.29, 0.717) is 63.2 Å². The third kappa shape index (κ3) is 8.14. The number of aliphatic hydroxyl groups excluding tert-OH is 1. The van der Waals surface area contributed by atoms with Gasteiger partial charge in [-0.05, 0) is 122 Å². The Hall–Kier alpha value is -0.200. The van der Waals surface area contributed by atoms with Crippen molar-refractivity contribution in [2.24, 2.45) is 58.2 Å². The maximum atomic E-state index is 8.71. The molecule has 0 saturated heterocycles. The molecule has 0 spiro atoms. The largest absolute Gasteiger partial charge is 0.394 e. The smallest absolute Gasteiger partial charge is 0.0704 e. The SMILES string of the molecule is CC[C@H](CC[C@@H](C)[C@H]1CC[C@H]2[C@@H]3CC[C@H]4C[C@@H](OCCOCCOCCOCCO)CC[C@]4(C)[C@H]3CC[C@]12C)C(C)C. The fraction of sp³-hybridized carbons (Fsp3) is 1.00. The van der Waals surface area contributed by atoms with E-state index >= 15 is 0 Å². The second-order valence-electron chi connectivity index (χ2n) is 15.7. The minimum atomic E-state index is 0.0589. The zero-order chi connectivity index (χ0) is 30.2. The Kier molecular flexibility index (Phi) is 13.5. The molecule has 0 bridgehead atoms. The number of hydrogen-bond donors (Lipinski definition) is 1. The van der Waals surface area contributed by atoms with E-state index in [1.165, 1.54) is 77.0 Å².